The number of carbonyl (C=O) groups is 1. The summed E-state index contributed by atoms with van der Waals surface area (Å²) in [6.07, 6.45) is 0.114. The second-order valence-corrected chi connectivity index (χ2v) is 7.56. The number of aromatic amines is 1. The van der Waals surface area contributed by atoms with Crippen molar-refractivity contribution < 1.29 is 19.0 Å². The second-order valence-electron chi connectivity index (χ2n) is 7.56. The van der Waals surface area contributed by atoms with Gasteiger partial charge in [-0.15, -0.1) is 0 Å². The normalized spacial score (nSPS) is 29.5. The van der Waals surface area contributed by atoms with Gasteiger partial charge in [-0.25, -0.2) is 4.79 Å². The lowest BCUT2D eigenvalue weighted by Gasteiger charge is -2.37. The van der Waals surface area contributed by atoms with Crippen molar-refractivity contribution in [3.8, 4) is 0 Å². The van der Waals surface area contributed by atoms with Gasteiger partial charge in [0.2, 0.25) is 5.91 Å². The molecular formula is C17H26N4O6. The number of hydrogen-bond donors (Lipinski definition) is 2. The summed E-state index contributed by atoms with van der Waals surface area (Å²) in [5.41, 5.74) is -0.990. The summed E-state index contributed by atoms with van der Waals surface area (Å²) in [4.78, 5) is 39.5. The van der Waals surface area contributed by atoms with Crippen LogP contribution in [0.2, 0.25) is 0 Å². The molecule has 0 aliphatic carbocycles. The van der Waals surface area contributed by atoms with Crippen LogP contribution in [0.4, 0.5) is 0 Å². The van der Waals surface area contributed by atoms with Crippen molar-refractivity contribution in [2.75, 3.05) is 33.8 Å². The van der Waals surface area contributed by atoms with Crippen LogP contribution in [-0.2, 0) is 19.0 Å². The third-order valence-corrected chi connectivity index (χ3v) is 4.56. The van der Waals surface area contributed by atoms with Gasteiger partial charge in [-0.1, -0.05) is 0 Å². The smallest absolute Gasteiger partial charge is 0.328 e. The molecule has 3 heterocycles. The largest absolute Gasteiger partial charge is 0.371 e. The molecule has 2 N–H and O–H groups in total. The number of nitrogens with zero attached hydrogens (tertiary/aromatic N) is 2. The molecule has 0 aromatic carbocycles. The Hall–Kier alpha value is -2.01. The lowest BCUT2D eigenvalue weighted by atomic mass is 9.97. The van der Waals surface area contributed by atoms with Crippen molar-refractivity contribution in [1.29, 1.82) is 0 Å². The van der Waals surface area contributed by atoms with E-state index < -0.39 is 41.4 Å². The van der Waals surface area contributed by atoms with Gasteiger partial charge in [0.1, 0.15) is 18.3 Å². The van der Waals surface area contributed by atoms with E-state index in [1.807, 2.05) is 14.1 Å². The molecule has 2 aliphatic heterocycles. The van der Waals surface area contributed by atoms with Crippen LogP contribution in [0.5, 0.6) is 0 Å². The van der Waals surface area contributed by atoms with Crippen molar-refractivity contribution in [3.63, 3.8) is 0 Å². The number of likely N-dealkylation sites (N-methyl/N-ethyl adjacent to an activating group) is 1. The van der Waals surface area contributed by atoms with E-state index in [1.54, 1.807) is 18.7 Å². The van der Waals surface area contributed by atoms with Gasteiger partial charge in [0, 0.05) is 18.8 Å². The van der Waals surface area contributed by atoms with Crippen LogP contribution in [0, 0.1) is 0 Å². The molecule has 1 aromatic rings. The van der Waals surface area contributed by atoms with Gasteiger partial charge in [0.15, 0.2) is 5.79 Å². The van der Waals surface area contributed by atoms with Crippen molar-refractivity contribution in [3.05, 3.63) is 33.1 Å². The van der Waals surface area contributed by atoms with Crippen LogP contribution >= 0.6 is 0 Å². The van der Waals surface area contributed by atoms with E-state index in [1.165, 1.54) is 16.8 Å². The predicted octanol–water partition coefficient (Wildman–Crippen LogP) is -1.33. The van der Waals surface area contributed by atoms with E-state index in [-0.39, 0.29) is 25.6 Å². The van der Waals surface area contributed by atoms with Gasteiger partial charge in [-0.2, -0.15) is 0 Å². The van der Waals surface area contributed by atoms with Crippen molar-refractivity contribution in [1.82, 2.24) is 19.8 Å². The van der Waals surface area contributed by atoms with Crippen LogP contribution in [0.15, 0.2) is 21.9 Å². The number of H-pyrrole nitrogens is 1. The van der Waals surface area contributed by atoms with E-state index in [4.69, 9.17) is 14.2 Å². The number of carbonyl (C=O) groups excluding carboxylic acids is 1. The molecule has 0 spiro atoms. The molecule has 0 saturated carbocycles. The Kier molecular flexibility index (Phi) is 5.52. The number of rotatable bonds is 5. The zero-order valence-electron chi connectivity index (χ0n) is 15.9. The first-order valence-corrected chi connectivity index (χ1v) is 8.86. The van der Waals surface area contributed by atoms with Gasteiger partial charge in [0.05, 0.1) is 19.2 Å². The third kappa shape index (κ3) is 4.46. The highest BCUT2D eigenvalue weighted by molar-refractivity contribution is 5.77. The summed E-state index contributed by atoms with van der Waals surface area (Å²) in [5, 5.41) is 2.84. The van der Waals surface area contributed by atoms with E-state index in [2.05, 4.69) is 10.3 Å². The monoisotopic (exact) mass is 382 g/mol. The molecular weight excluding hydrogens is 356 g/mol. The van der Waals surface area contributed by atoms with Crippen LogP contribution in [-0.4, -0.2) is 78.2 Å². The van der Waals surface area contributed by atoms with Crippen molar-refractivity contribution in [2.45, 2.75) is 44.0 Å². The first-order chi connectivity index (χ1) is 12.7. The summed E-state index contributed by atoms with van der Waals surface area (Å²) in [6.45, 7) is 4.33. The zero-order chi connectivity index (χ0) is 19.8. The number of hydrogen-bond acceptors (Lipinski definition) is 7. The Morgan fingerprint density at radius 3 is 2.70 bits per heavy atom. The summed E-state index contributed by atoms with van der Waals surface area (Å²) in [6, 6.07) is 0.833. The Morgan fingerprint density at radius 2 is 2.04 bits per heavy atom. The van der Waals surface area contributed by atoms with Crippen LogP contribution < -0.4 is 16.6 Å². The van der Waals surface area contributed by atoms with Crippen LogP contribution in [0.1, 0.15) is 19.9 Å². The number of aromatic nitrogens is 2. The van der Waals surface area contributed by atoms with Gasteiger partial charge in [-0.3, -0.25) is 19.1 Å². The van der Waals surface area contributed by atoms with Gasteiger partial charge in [-0.05, 0) is 27.9 Å². The minimum absolute atomic E-state index is 0.114. The molecule has 1 amide bonds. The molecule has 10 nitrogen and oxygen atoms in total. The van der Waals surface area contributed by atoms with E-state index in [9.17, 15) is 14.4 Å². The van der Waals surface area contributed by atoms with Crippen molar-refractivity contribution in [2.24, 2.45) is 0 Å². The topological polar surface area (TPSA) is 115 Å². The van der Waals surface area contributed by atoms with Crippen LogP contribution in [0.3, 0.4) is 0 Å². The van der Waals surface area contributed by atoms with E-state index in [0.29, 0.717) is 0 Å². The molecule has 0 bridgehead atoms. The summed E-state index contributed by atoms with van der Waals surface area (Å²) in [7, 11) is 3.63. The molecule has 4 atom stereocenters. The number of amides is 1. The predicted molar refractivity (Wildman–Crippen MR) is 95.5 cm³/mol. The highest BCUT2D eigenvalue weighted by Gasteiger charge is 2.52. The Morgan fingerprint density at radius 1 is 1.33 bits per heavy atom. The lowest BCUT2D eigenvalue weighted by Crippen LogP contribution is -2.55. The third-order valence-electron chi connectivity index (χ3n) is 4.56. The van der Waals surface area contributed by atoms with Gasteiger partial charge < -0.3 is 24.4 Å². The minimum Gasteiger partial charge on any atom is -0.371 e. The maximum Gasteiger partial charge on any atom is 0.328 e. The maximum absolute atomic E-state index is 12.2. The molecule has 2 aliphatic rings. The molecule has 27 heavy (non-hydrogen) atoms. The molecule has 2 fully saturated rings. The average Bonchev–Trinajstić information content (AvgIpc) is 2.87. The standard InChI is InChI=1S/C17H26N4O6/c1-17(2)26-14-10(21-6-5-12(22)19-16(21)24)9-25-11(15(14)27-17)7-18-13(23)8-20(3)4/h5-6,10-11,14-15H,7-9H2,1-4H3,(H,18,23)(H,19,22,24)/t10-,11-,14+,15-/m1/s1. The highest BCUT2D eigenvalue weighted by atomic mass is 16.8. The zero-order valence-corrected chi connectivity index (χ0v) is 15.9. The lowest BCUT2D eigenvalue weighted by molar-refractivity contribution is -0.153. The molecule has 150 valence electrons. The number of nitrogens with one attached hydrogen (secondary N) is 2. The molecule has 0 unspecified atom stereocenters. The van der Waals surface area contributed by atoms with Crippen LogP contribution in [0.25, 0.3) is 0 Å². The Labute approximate surface area is 156 Å². The fraction of sp³-hybridized carbons (Fsp3) is 0.706. The average molecular weight is 382 g/mol. The van der Waals surface area contributed by atoms with Gasteiger partial charge in [0.25, 0.3) is 5.56 Å². The quantitative estimate of drug-likeness (QED) is 0.649. The number of fused-ring (bicyclic) bond motifs is 1. The first-order valence-electron chi connectivity index (χ1n) is 8.86. The van der Waals surface area contributed by atoms with Crippen molar-refractivity contribution >= 4 is 5.91 Å². The Bertz CT molecular complexity index is 801. The number of ether oxygens (including phenoxy) is 3. The molecule has 0 radical (unpaired) electrons. The first kappa shape index (κ1) is 19.7. The molecule has 3 rings (SSSR count). The fourth-order valence-corrected chi connectivity index (χ4v) is 3.47. The van der Waals surface area contributed by atoms with E-state index >= 15 is 0 Å². The maximum atomic E-state index is 12.2. The van der Waals surface area contributed by atoms with Gasteiger partial charge >= 0.3 is 5.69 Å². The summed E-state index contributed by atoms with van der Waals surface area (Å²) in [5.74, 6) is -0.962. The minimum atomic E-state index is -0.848. The molecule has 2 saturated heterocycles. The summed E-state index contributed by atoms with van der Waals surface area (Å²) < 4.78 is 19.3. The SMILES string of the molecule is CN(C)CC(=O)NC[C@H]1OC[C@@H](n2ccc(=O)[nH]c2=O)[C@@H]2OC(C)(C)O[C@@H]21. The molecule has 1 aromatic heterocycles. The highest BCUT2D eigenvalue weighted by Crippen LogP contribution is 2.39. The fourth-order valence-electron chi connectivity index (χ4n) is 3.47. The second kappa shape index (κ2) is 7.55. The summed E-state index contributed by atoms with van der Waals surface area (Å²) >= 11 is 0. The Balaban J connectivity index is 1.77. The molecule has 10 heteroatoms. The van der Waals surface area contributed by atoms with E-state index in [0.717, 1.165) is 0 Å².